The van der Waals surface area contributed by atoms with E-state index in [1.54, 1.807) is 6.07 Å². The summed E-state index contributed by atoms with van der Waals surface area (Å²) >= 11 is 6.05. The largest absolute Gasteiger partial charge is 0.317 e. The summed E-state index contributed by atoms with van der Waals surface area (Å²) in [7, 11) is 0. The molecule has 0 aromatic heterocycles. The van der Waals surface area contributed by atoms with Crippen LogP contribution in [0.5, 0.6) is 0 Å². The predicted octanol–water partition coefficient (Wildman–Crippen LogP) is 3.74. The van der Waals surface area contributed by atoms with Crippen LogP contribution >= 0.6 is 11.6 Å². The number of hydrogen-bond acceptors (Lipinski definition) is 1. The minimum atomic E-state index is -2.44. The summed E-state index contributed by atoms with van der Waals surface area (Å²) in [5, 5.41) is 3.75. The number of nitrogens with one attached hydrogen (secondary N) is 1. The second-order valence-corrected chi connectivity index (χ2v) is 4.51. The van der Waals surface area contributed by atoms with Crippen molar-refractivity contribution in [1.29, 1.82) is 0 Å². The highest BCUT2D eigenvalue weighted by atomic mass is 35.5. The lowest BCUT2D eigenvalue weighted by Gasteiger charge is -2.24. The fraction of sp³-hybridized carbons (Fsp3) is 0.500. The number of hydrogen-bond donors (Lipinski definition) is 1. The fourth-order valence-corrected chi connectivity index (χ4v) is 2.49. The van der Waals surface area contributed by atoms with Crippen LogP contribution in [0.1, 0.15) is 36.3 Å². The van der Waals surface area contributed by atoms with Crippen LogP contribution < -0.4 is 5.32 Å². The number of halogens is 3. The van der Waals surface area contributed by atoms with Gasteiger partial charge in [0.05, 0.1) is 0 Å². The molecule has 16 heavy (non-hydrogen) atoms. The van der Waals surface area contributed by atoms with Crippen LogP contribution in [0, 0.1) is 0 Å². The lowest BCUT2D eigenvalue weighted by atomic mass is 9.90. The maximum Gasteiger partial charge on any atom is 0.263 e. The third-order valence-corrected chi connectivity index (χ3v) is 3.38. The van der Waals surface area contributed by atoms with E-state index in [4.69, 9.17) is 11.6 Å². The molecule has 0 amide bonds. The fourth-order valence-electron chi connectivity index (χ4n) is 2.14. The van der Waals surface area contributed by atoms with Gasteiger partial charge in [0.1, 0.15) is 0 Å². The van der Waals surface area contributed by atoms with Crippen molar-refractivity contribution in [2.24, 2.45) is 0 Å². The maximum atomic E-state index is 12.5. The molecule has 0 aliphatic carbocycles. The van der Waals surface area contributed by atoms with Crippen molar-refractivity contribution in [1.82, 2.24) is 5.32 Å². The van der Waals surface area contributed by atoms with E-state index in [1.807, 2.05) is 0 Å². The highest BCUT2D eigenvalue weighted by molar-refractivity contribution is 6.31. The van der Waals surface area contributed by atoms with Crippen molar-refractivity contribution in [3.63, 3.8) is 0 Å². The van der Waals surface area contributed by atoms with Crippen LogP contribution in [0.3, 0.4) is 0 Å². The monoisotopic (exact) mass is 245 g/mol. The van der Waals surface area contributed by atoms with Crippen LogP contribution in [0.2, 0.25) is 5.02 Å². The van der Waals surface area contributed by atoms with Crippen LogP contribution in [0.25, 0.3) is 0 Å². The number of benzene rings is 1. The van der Waals surface area contributed by atoms with Crippen LogP contribution in [-0.4, -0.2) is 13.1 Å². The predicted molar refractivity (Wildman–Crippen MR) is 61.3 cm³/mol. The van der Waals surface area contributed by atoms with Gasteiger partial charge in [0.15, 0.2) is 0 Å². The van der Waals surface area contributed by atoms with Gasteiger partial charge in [-0.2, -0.15) is 0 Å². The molecule has 0 atom stereocenters. The number of rotatable bonds is 2. The van der Waals surface area contributed by atoms with E-state index in [0.717, 1.165) is 31.5 Å². The lowest BCUT2D eigenvalue weighted by Crippen LogP contribution is -2.26. The molecule has 1 fully saturated rings. The average molecular weight is 246 g/mol. The first kappa shape index (κ1) is 11.8. The van der Waals surface area contributed by atoms with Gasteiger partial charge in [0, 0.05) is 10.6 Å². The van der Waals surface area contributed by atoms with Crippen LogP contribution in [0.15, 0.2) is 18.2 Å². The zero-order valence-electron chi connectivity index (χ0n) is 8.85. The smallest absolute Gasteiger partial charge is 0.263 e. The molecule has 0 saturated carbocycles. The zero-order chi connectivity index (χ0) is 11.5. The molecule has 88 valence electrons. The van der Waals surface area contributed by atoms with Gasteiger partial charge in [-0.3, -0.25) is 0 Å². The van der Waals surface area contributed by atoms with E-state index in [1.165, 1.54) is 12.1 Å². The van der Waals surface area contributed by atoms with Crippen molar-refractivity contribution in [3.05, 3.63) is 34.3 Å². The van der Waals surface area contributed by atoms with Crippen molar-refractivity contribution in [2.45, 2.75) is 25.2 Å². The van der Waals surface area contributed by atoms with E-state index < -0.39 is 6.43 Å². The van der Waals surface area contributed by atoms with Gasteiger partial charge in [-0.1, -0.05) is 23.7 Å². The van der Waals surface area contributed by atoms with Gasteiger partial charge >= 0.3 is 0 Å². The normalized spacial score (nSPS) is 18.0. The third-order valence-electron chi connectivity index (χ3n) is 3.06. The highest BCUT2D eigenvalue weighted by Crippen LogP contribution is 2.33. The molecule has 1 saturated heterocycles. The van der Waals surface area contributed by atoms with Crippen LogP contribution in [0.4, 0.5) is 8.78 Å². The van der Waals surface area contributed by atoms with Crippen molar-refractivity contribution >= 4 is 11.6 Å². The van der Waals surface area contributed by atoms with Crippen molar-refractivity contribution < 1.29 is 8.78 Å². The molecule has 1 aromatic rings. The van der Waals surface area contributed by atoms with Gasteiger partial charge in [-0.25, -0.2) is 8.78 Å². The first-order chi connectivity index (χ1) is 7.68. The van der Waals surface area contributed by atoms with E-state index in [-0.39, 0.29) is 5.56 Å². The molecule has 0 bridgehead atoms. The first-order valence-corrected chi connectivity index (χ1v) is 5.84. The molecule has 0 unspecified atom stereocenters. The Bertz CT molecular complexity index is 362. The van der Waals surface area contributed by atoms with Crippen molar-refractivity contribution in [2.75, 3.05) is 13.1 Å². The van der Waals surface area contributed by atoms with E-state index >= 15 is 0 Å². The molecular weight excluding hydrogens is 232 g/mol. The Labute approximate surface area is 98.8 Å². The number of alkyl halides is 2. The third kappa shape index (κ3) is 2.53. The topological polar surface area (TPSA) is 12.0 Å². The molecule has 1 aliphatic heterocycles. The summed E-state index contributed by atoms with van der Waals surface area (Å²) in [5.74, 6) is 0.403. The van der Waals surface area contributed by atoms with E-state index in [2.05, 4.69) is 5.32 Å². The van der Waals surface area contributed by atoms with Crippen LogP contribution in [-0.2, 0) is 0 Å². The Balaban J connectivity index is 2.21. The summed E-state index contributed by atoms with van der Waals surface area (Å²) in [4.78, 5) is 0. The molecule has 1 aromatic carbocycles. The molecule has 4 heteroatoms. The Morgan fingerprint density at radius 2 is 1.94 bits per heavy atom. The Morgan fingerprint density at radius 1 is 1.25 bits per heavy atom. The minimum absolute atomic E-state index is 0.00249. The second-order valence-electron chi connectivity index (χ2n) is 4.11. The molecular formula is C12H14ClF2N. The summed E-state index contributed by atoms with van der Waals surface area (Å²) < 4.78 is 24.9. The van der Waals surface area contributed by atoms with E-state index in [9.17, 15) is 8.78 Å². The van der Waals surface area contributed by atoms with E-state index in [0.29, 0.717) is 10.9 Å². The summed E-state index contributed by atoms with van der Waals surface area (Å²) in [6, 6.07) is 4.62. The summed E-state index contributed by atoms with van der Waals surface area (Å²) in [6.45, 7) is 1.94. The maximum absolute atomic E-state index is 12.5. The first-order valence-electron chi connectivity index (χ1n) is 5.46. The summed E-state index contributed by atoms with van der Waals surface area (Å²) in [6.07, 6.45) is -0.402. The van der Waals surface area contributed by atoms with Gasteiger partial charge in [0.2, 0.25) is 0 Å². The summed E-state index contributed by atoms with van der Waals surface area (Å²) in [5.41, 5.74) is 1.01. The molecule has 1 nitrogen and oxygen atoms in total. The SMILES string of the molecule is FC(F)c1ccc(C2CCNCC2)c(Cl)c1. The zero-order valence-corrected chi connectivity index (χ0v) is 9.61. The molecule has 1 heterocycles. The molecule has 1 N–H and O–H groups in total. The number of piperidine rings is 1. The highest BCUT2D eigenvalue weighted by Gasteiger charge is 2.19. The second kappa shape index (κ2) is 5.11. The molecule has 1 aliphatic rings. The average Bonchev–Trinajstić information content (AvgIpc) is 2.30. The van der Waals surface area contributed by atoms with Gasteiger partial charge in [0.25, 0.3) is 6.43 Å². The van der Waals surface area contributed by atoms with Gasteiger partial charge < -0.3 is 5.32 Å². The van der Waals surface area contributed by atoms with Gasteiger partial charge in [-0.15, -0.1) is 0 Å². The Hall–Kier alpha value is -0.670. The quantitative estimate of drug-likeness (QED) is 0.837. The molecule has 2 rings (SSSR count). The Kier molecular flexibility index (Phi) is 3.77. The van der Waals surface area contributed by atoms with Crippen molar-refractivity contribution in [3.8, 4) is 0 Å². The Morgan fingerprint density at radius 3 is 2.50 bits per heavy atom. The standard InChI is InChI=1S/C12H14ClF2N/c13-11-7-9(12(14)15)1-2-10(11)8-3-5-16-6-4-8/h1-2,7-8,12,16H,3-6H2. The molecule has 0 spiro atoms. The minimum Gasteiger partial charge on any atom is -0.317 e. The lowest BCUT2D eigenvalue weighted by molar-refractivity contribution is 0.151. The molecule has 0 radical (unpaired) electrons. The van der Waals surface area contributed by atoms with Gasteiger partial charge in [-0.05, 0) is 43.5 Å².